The lowest BCUT2D eigenvalue weighted by atomic mass is 10.2. The molecule has 0 aliphatic rings. The zero-order valence-corrected chi connectivity index (χ0v) is 10.4. The van der Waals surface area contributed by atoms with Crippen LogP contribution >= 0.6 is 23.4 Å². The summed E-state index contributed by atoms with van der Waals surface area (Å²) in [7, 11) is 0. The van der Waals surface area contributed by atoms with Crippen molar-refractivity contribution in [3.05, 3.63) is 47.4 Å². The molecule has 1 aromatic heterocycles. The summed E-state index contributed by atoms with van der Waals surface area (Å²) >= 11 is 6.96. The third kappa shape index (κ3) is 3.14. The smallest absolute Gasteiger partial charge is 0.245 e. The molecular weight excluding hydrogens is 285 g/mol. The van der Waals surface area contributed by atoms with Gasteiger partial charge in [-0.2, -0.15) is 13.2 Å². The Morgan fingerprint density at radius 2 is 1.61 bits per heavy atom. The Morgan fingerprint density at radius 1 is 1.00 bits per heavy atom. The maximum Gasteiger partial charge on any atom is 0.416 e. The van der Waals surface area contributed by atoms with Crippen molar-refractivity contribution in [2.24, 2.45) is 0 Å². The Kier molecular flexibility index (Phi) is 3.77. The highest BCUT2D eigenvalue weighted by atomic mass is 35.5. The minimum Gasteiger partial charge on any atom is -0.245 e. The van der Waals surface area contributed by atoms with Crippen LogP contribution in [-0.4, -0.2) is 9.97 Å². The normalized spacial score (nSPS) is 11.6. The van der Waals surface area contributed by atoms with E-state index in [2.05, 4.69) is 9.97 Å². The Labute approximate surface area is 110 Å². The summed E-state index contributed by atoms with van der Waals surface area (Å²) in [4.78, 5) is 8.44. The monoisotopic (exact) mass is 290 g/mol. The van der Waals surface area contributed by atoms with Gasteiger partial charge in [-0.25, -0.2) is 9.97 Å². The second-order valence-electron chi connectivity index (χ2n) is 3.28. The molecule has 1 heterocycles. The van der Waals surface area contributed by atoms with Crippen molar-refractivity contribution in [1.29, 1.82) is 0 Å². The van der Waals surface area contributed by atoms with Crippen LogP contribution in [0.25, 0.3) is 0 Å². The average molecular weight is 291 g/mol. The predicted molar refractivity (Wildman–Crippen MR) is 62.6 cm³/mol. The van der Waals surface area contributed by atoms with Crippen molar-refractivity contribution >= 4 is 23.4 Å². The van der Waals surface area contributed by atoms with Gasteiger partial charge in [0.15, 0.2) is 5.15 Å². The maximum absolute atomic E-state index is 12.4. The fraction of sp³-hybridized carbons (Fsp3) is 0.0909. The van der Waals surface area contributed by atoms with Gasteiger partial charge < -0.3 is 0 Å². The second kappa shape index (κ2) is 5.16. The zero-order valence-electron chi connectivity index (χ0n) is 8.78. The minimum absolute atomic E-state index is 0.224. The van der Waals surface area contributed by atoms with Gasteiger partial charge >= 0.3 is 6.18 Å². The number of hydrogen-bond donors (Lipinski definition) is 0. The third-order valence-corrected chi connectivity index (χ3v) is 3.41. The number of halogens is 4. The van der Waals surface area contributed by atoms with Gasteiger partial charge in [-0.05, 0) is 24.3 Å². The summed E-state index contributed by atoms with van der Waals surface area (Å²) in [5.41, 5.74) is -0.683. The highest BCUT2D eigenvalue weighted by Crippen LogP contribution is 2.33. The van der Waals surface area contributed by atoms with Gasteiger partial charge in [0.2, 0.25) is 0 Å². The lowest BCUT2D eigenvalue weighted by Crippen LogP contribution is -2.03. The van der Waals surface area contributed by atoms with Gasteiger partial charge in [-0.15, -0.1) is 0 Å². The molecule has 2 nitrogen and oxygen atoms in total. The Morgan fingerprint density at radius 3 is 2.17 bits per heavy atom. The van der Waals surface area contributed by atoms with Crippen LogP contribution in [0.2, 0.25) is 5.15 Å². The van der Waals surface area contributed by atoms with E-state index in [1.54, 1.807) is 0 Å². The van der Waals surface area contributed by atoms with Gasteiger partial charge in [0.1, 0.15) is 5.03 Å². The first-order valence-corrected chi connectivity index (χ1v) is 5.98. The van der Waals surface area contributed by atoms with Crippen LogP contribution < -0.4 is 0 Å². The molecule has 0 atom stereocenters. The van der Waals surface area contributed by atoms with Crippen molar-refractivity contribution in [3.8, 4) is 0 Å². The molecule has 7 heteroatoms. The van der Waals surface area contributed by atoms with Crippen molar-refractivity contribution in [2.45, 2.75) is 16.1 Å². The summed E-state index contributed by atoms with van der Waals surface area (Å²) in [6, 6.07) is 4.79. The van der Waals surface area contributed by atoms with Crippen LogP contribution in [-0.2, 0) is 6.18 Å². The average Bonchev–Trinajstić information content (AvgIpc) is 2.32. The lowest BCUT2D eigenvalue weighted by molar-refractivity contribution is -0.137. The van der Waals surface area contributed by atoms with E-state index >= 15 is 0 Å². The summed E-state index contributed by atoms with van der Waals surface area (Å²) in [6.45, 7) is 0. The number of aromatic nitrogens is 2. The first-order chi connectivity index (χ1) is 8.47. The van der Waals surface area contributed by atoms with E-state index < -0.39 is 11.7 Å². The highest BCUT2D eigenvalue weighted by molar-refractivity contribution is 7.99. The number of benzene rings is 1. The van der Waals surface area contributed by atoms with E-state index in [4.69, 9.17) is 11.6 Å². The number of alkyl halides is 3. The van der Waals surface area contributed by atoms with Gasteiger partial charge in [0.05, 0.1) is 5.56 Å². The van der Waals surface area contributed by atoms with E-state index in [-0.39, 0.29) is 5.15 Å². The summed E-state index contributed by atoms with van der Waals surface area (Å²) < 4.78 is 37.1. The second-order valence-corrected chi connectivity index (χ2v) is 4.70. The molecule has 0 saturated carbocycles. The molecule has 0 aliphatic heterocycles. The Hall–Kier alpha value is -1.27. The van der Waals surface area contributed by atoms with E-state index in [9.17, 15) is 13.2 Å². The Balaban J connectivity index is 2.19. The van der Waals surface area contributed by atoms with Crippen LogP contribution in [0.15, 0.2) is 46.6 Å². The van der Waals surface area contributed by atoms with Crippen LogP contribution in [0.5, 0.6) is 0 Å². The summed E-state index contributed by atoms with van der Waals surface area (Å²) in [5.74, 6) is 0. The third-order valence-electron chi connectivity index (χ3n) is 2.02. The van der Waals surface area contributed by atoms with Crippen molar-refractivity contribution in [1.82, 2.24) is 9.97 Å². The van der Waals surface area contributed by atoms with Gasteiger partial charge in [0.25, 0.3) is 0 Å². The molecule has 0 aliphatic carbocycles. The SMILES string of the molecule is FC(F)(F)c1ccc(Sc2nccnc2Cl)cc1. The molecule has 2 aromatic rings. The molecule has 2 rings (SSSR count). The molecular formula is C11H6ClF3N2S. The van der Waals surface area contributed by atoms with Crippen molar-refractivity contribution in [2.75, 3.05) is 0 Å². The fourth-order valence-electron chi connectivity index (χ4n) is 1.20. The van der Waals surface area contributed by atoms with Crippen LogP contribution in [0.1, 0.15) is 5.56 Å². The van der Waals surface area contributed by atoms with E-state index in [0.29, 0.717) is 9.92 Å². The molecule has 0 bridgehead atoms. The number of hydrogen-bond acceptors (Lipinski definition) is 3. The first-order valence-electron chi connectivity index (χ1n) is 4.78. The summed E-state index contributed by atoms with van der Waals surface area (Å²) in [5, 5.41) is 0.682. The highest BCUT2D eigenvalue weighted by Gasteiger charge is 2.29. The molecule has 0 saturated heterocycles. The zero-order chi connectivity index (χ0) is 13.2. The van der Waals surface area contributed by atoms with Gasteiger partial charge in [-0.1, -0.05) is 23.4 Å². The van der Waals surface area contributed by atoms with Crippen molar-refractivity contribution in [3.63, 3.8) is 0 Å². The summed E-state index contributed by atoms with van der Waals surface area (Å²) in [6.07, 6.45) is -1.41. The lowest BCUT2D eigenvalue weighted by Gasteiger charge is -2.07. The van der Waals surface area contributed by atoms with Crippen LogP contribution in [0.3, 0.4) is 0 Å². The van der Waals surface area contributed by atoms with E-state index in [1.807, 2.05) is 0 Å². The quantitative estimate of drug-likeness (QED) is 0.824. The standard InChI is InChI=1S/C11H6ClF3N2S/c12-9-10(17-6-5-16-9)18-8-3-1-7(2-4-8)11(13,14)15/h1-6H. The molecule has 0 amide bonds. The topological polar surface area (TPSA) is 25.8 Å². The molecule has 1 aromatic carbocycles. The van der Waals surface area contributed by atoms with Gasteiger partial charge in [-0.3, -0.25) is 0 Å². The maximum atomic E-state index is 12.4. The number of nitrogens with zero attached hydrogens (tertiary/aromatic N) is 2. The number of rotatable bonds is 2. The van der Waals surface area contributed by atoms with Crippen molar-refractivity contribution < 1.29 is 13.2 Å². The van der Waals surface area contributed by atoms with Gasteiger partial charge in [0, 0.05) is 17.3 Å². The van der Waals surface area contributed by atoms with Crippen LogP contribution in [0.4, 0.5) is 13.2 Å². The minimum atomic E-state index is -4.33. The Bertz CT molecular complexity index is 543. The molecule has 0 radical (unpaired) electrons. The molecule has 0 fully saturated rings. The largest absolute Gasteiger partial charge is 0.416 e. The van der Waals surface area contributed by atoms with E-state index in [1.165, 1.54) is 24.5 Å². The van der Waals surface area contributed by atoms with E-state index in [0.717, 1.165) is 23.9 Å². The predicted octanol–water partition coefficient (Wildman–Crippen LogP) is 4.30. The molecule has 0 unspecified atom stereocenters. The first kappa shape index (κ1) is 13.2. The molecule has 0 spiro atoms. The molecule has 18 heavy (non-hydrogen) atoms. The van der Waals surface area contributed by atoms with Crippen LogP contribution in [0, 0.1) is 0 Å². The molecule has 94 valence electrons. The molecule has 0 N–H and O–H groups in total. The fourth-order valence-corrected chi connectivity index (χ4v) is 2.17.